The van der Waals surface area contributed by atoms with Gasteiger partial charge in [-0.2, -0.15) is 5.10 Å². The fourth-order valence-corrected chi connectivity index (χ4v) is 2.69. The lowest BCUT2D eigenvalue weighted by Gasteiger charge is -2.14. The lowest BCUT2D eigenvalue weighted by atomic mass is 10.1. The summed E-state index contributed by atoms with van der Waals surface area (Å²) in [6, 6.07) is 4.87. The predicted molar refractivity (Wildman–Crippen MR) is 87.7 cm³/mol. The molecule has 0 bridgehead atoms. The van der Waals surface area contributed by atoms with Gasteiger partial charge in [-0.15, -0.1) is 0 Å². The number of fused-ring (bicyclic) bond motifs is 1. The van der Waals surface area contributed by atoms with E-state index in [0.717, 1.165) is 24.2 Å². The van der Waals surface area contributed by atoms with Crippen LogP contribution in [0.1, 0.15) is 28.7 Å². The zero-order valence-corrected chi connectivity index (χ0v) is 13.3. The maximum atomic E-state index is 12.5. The molecule has 0 unspecified atom stereocenters. The van der Waals surface area contributed by atoms with Crippen LogP contribution < -0.4 is 16.0 Å². The lowest BCUT2D eigenvalue weighted by molar-refractivity contribution is -0.114. The van der Waals surface area contributed by atoms with Gasteiger partial charge < -0.3 is 16.0 Å². The van der Waals surface area contributed by atoms with E-state index in [1.807, 2.05) is 0 Å². The summed E-state index contributed by atoms with van der Waals surface area (Å²) in [4.78, 5) is 23.8. The van der Waals surface area contributed by atoms with E-state index in [0.29, 0.717) is 28.6 Å². The summed E-state index contributed by atoms with van der Waals surface area (Å²) in [5, 5.41) is 16.1. The summed E-state index contributed by atoms with van der Waals surface area (Å²) in [6.45, 7) is 2.86. The number of anilines is 2. The van der Waals surface area contributed by atoms with Crippen molar-refractivity contribution in [3.8, 4) is 0 Å². The molecule has 0 fully saturated rings. The van der Waals surface area contributed by atoms with Crippen LogP contribution in [0.3, 0.4) is 0 Å². The molecule has 0 saturated carbocycles. The Morgan fingerprint density at radius 3 is 2.87 bits per heavy atom. The Balaban J connectivity index is 1.87. The second-order valence-corrected chi connectivity index (χ2v) is 5.72. The van der Waals surface area contributed by atoms with Crippen molar-refractivity contribution in [1.82, 2.24) is 15.5 Å². The van der Waals surface area contributed by atoms with E-state index in [4.69, 9.17) is 11.6 Å². The van der Waals surface area contributed by atoms with Crippen molar-refractivity contribution in [2.24, 2.45) is 0 Å². The largest absolute Gasteiger partial charge is 0.325 e. The molecular weight excluding hydrogens is 318 g/mol. The highest BCUT2D eigenvalue weighted by atomic mass is 35.5. The molecule has 1 aromatic carbocycles. The molecule has 8 heteroatoms. The number of hydrogen-bond acceptors (Lipinski definition) is 4. The van der Waals surface area contributed by atoms with Gasteiger partial charge in [-0.05, 0) is 18.2 Å². The Labute approximate surface area is 137 Å². The standard InChI is InChI=1S/C15H16ClN5O2/c1-8(22)18-12-3-2-9(16)6-13(12)19-15(23)14-10-7-17-5-4-11(10)20-21-14/h2-3,6,17H,4-5,7H2,1H3,(H,18,22)(H,19,23)(H,20,21). The minimum Gasteiger partial charge on any atom is -0.325 e. The summed E-state index contributed by atoms with van der Waals surface area (Å²) in [7, 11) is 0. The Morgan fingerprint density at radius 2 is 2.09 bits per heavy atom. The number of benzene rings is 1. The molecule has 2 heterocycles. The average Bonchev–Trinajstić information content (AvgIpc) is 2.93. The molecular formula is C15H16ClN5O2. The normalized spacial score (nSPS) is 13.3. The Morgan fingerprint density at radius 1 is 1.26 bits per heavy atom. The van der Waals surface area contributed by atoms with Crippen LogP contribution in [0.15, 0.2) is 18.2 Å². The molecule has 120 valence electrons. The van der Waals surface area contributed by atoms with Gasteiger partial charge in [0, 0.05) is 42.7 Å². The van der Waals surface area contributed by atoms with Crippen LogP contribution in [0.4, 0.5) is 11.4 Å². The Bertz CT molecular complexity index is 771. The fraction of sp³-hybridized carbons (Fsp3) is 0.267. The molecule has 0 saturated heterocycles. The zero-order valence-electron chi connectivity index (χ0n) is 12.5. The highest BCUT2D eigenvalue weighted by Crippen LogP contribution is 2.27. The molecule has 0 aliphatic carbocycles. The van der Waals surface area contributed by atoms with Gasteiger partial charge in [-0.25, -0.2) is 0 Å². The number of halogens is 1. The topological polar surface area (TPSA) is 98.9 Å². The first-order valence-electron chi connectivity index (χ1n) is 7.20. The van der Waals surface area contributed by atoms with Gasteiger partial charge in [0.25, 0.3) is 5.91 Å². The molecule has 0 atom stereocenters. The third-order valence-electron chi connectivity index (χ3n) is 3.56. The van der Waals surface area contributed by atoms with Gasteiger partial charge in [0.05, 0.1) is 11.4 Å². The van der Waals surface area contributed by atoms with E-state index in [9.17, 15) is 9.59 Å². The van der Waals surface area contributed by atoms with Crippen LogP contribution in [0.25, 0.3) is 0 Å². The van der Waals surface area contributed by atoms with E-state index in [2.05, 4.69) is 26.1 Å². The number of carbonyl (C=O) groups is 2. The average molecular weight is 334 g/mol. The van der Waals surface area contributed by atoms with Crippen molar-refractivity contribution in [2.45, 2.75) is 19.9 Å². The number of aromatic nitrogens is 2. The minimum absolute atomic E-state index is 0.232. The fourth-order valence-electron chi connectivity index (χ4n) is 2.51. The smallest absolute Gasteiger partial charge is 0.276 e. The van der Waals surface area contributed by atoms with Crippen LogP contribution in [-0.2, 0) is 17.8 Å². The van der Waals surface area contributed by atoms with Crippen LogP contribution in [0.2, 0.25) is 5.02 Å². The lowest BCUT2D eigenvalue weighted by Crippen LogP contribution is -2.25. The number of carbonyl (C=O) groups excluding carboxylic acids is 2. The molecule has 1 aliphatic rings. The molecule has 3 rings (SSSR count). The number of amides is 2. The van der Waals surface area contributed by atoms with Crippen molar-refractivity contribution >= 4 is 34.8 Å². The zero-order chi connectivity index (χ0) is 16.4. The summed E-state index contributed by atoms with van der Waals surface area (Å²) in [6.07, 6.45) is 0.809. The summed E-state index contributed by atoms with van der Waals surface area (Å²) in [5.74, 6) is -0.579. The maximum absolute atomic E-state index is 12.5. The second-order valence-electron chi connectivity index (χ2n) is 5.28. The highest BCUT2D eigenvalue weighted by molar-refractivity contribution is 6.31. The monoisotopic (exact) mass is 333 g/mol. The number of nitrogens with zero attached hydrogens (tertiary/aromatic N) is 1. The van der Waals surface area contributed by atoms with Crippen molar-refractivity contribution in [2.75, 3.05) is 17.2 Å². The van der Waals surface area contributed by atoms with E-state index < -0.39 is 0 Å². The van der Waals surface area contributed by atoms with Crippen molar-refractivity contribution < 1.29 is 9.59 Å². The van der Waals surface area contributed by atoms with Crippen LogP contribution in [-0.4, -0.2) is 28.6 Å². The predicted octanol–water partition coefficient (Wildman–Crippen LogP) is 1.92. The molecule has 4 N–H and O–H groups in total. The van der Waals surface area contributed by atoms with Crippen molar-refractivity contribution in [3.63, 3.8) is 0 Å². The van der Waals surface area contributed by atoms with Gasteiger partial charge in [-0.3, -0.25) is 14.7 Å². The van der Waals surface area contributed by atoms with E-state index >= 15 is 0 Å². The van der Waals surface area contributed by atoms with Crippen LogP contribution in [0, 0.1) is 0 Å². The molecule has 2 amide bonds. The van der Waals surface area contributed by atoms with E-state index in [-0.39, 0.29) is 11.8 Å². The maximum Gasteiger partial charge on any atom is 0.276 e. The molecule has 1 aliphatic heterocycles. The molecule has 7 nitrogen and oxygen atoms in total. The van der Waals surface area contributed by atoms with Gasteiger partial charge in [0.1, 0.15) is 0 Å². The summed E-state index contributed by atoms with van der Waals surface area (Å²) < 4.78 is 0. The third kappa shape index (κ3) is 3.35. The molecule has 1 aromatic heterocycles. The SMILES string of the molecule is CC(=O)Nc1ccc(Cl)cc1NC(=O)c1n[nH]c2c1CNCC2. The Kier molecular flexibility index (Phi) is 4.31. The first-order chi connectivity index (χ1) is 11.0. The van der Waals surface area contributed by atoms with Crippen LogP contribution >= 0.6 is 11.6 Å². The second kappa shape index (κ2) is 6.39. The third-order valence-corrected chi connectivity index (χ3v) is 3.80. The minimum atomic E-state index is -0.347. The number of hydrogen-bond donors (Lipinski definition) is 4. The highest BCUT2D eigenvalue weighted by Gasteiger charge is 2.22. The number of rotatable bonds is 3. The number of H-pyrrole nitrogens is 1. The van der Waals surface area contributed by atoms with Gasteiger partial charge in [-0.1, -0.05) is 11.6 Å². The van der Waals surface area contributed by atoms with E-state index in [1.54, 1.807) is 18.2 Å². The first kappa shape index (κ1) is 15.5. The van der Waals surface area contributed by atoms with Gasteiger partial charge >= 0.3 is 0 Å². The first-order valence-corrected chi connectivity index (χ1v) is 7.57. The van der Waals surface area contributed by atoms with Crippen molar-refractivity contribution in [3.05, 3.63) is 40.2 Å². The van der Waals surface area contributed by atoms with Gasteiger partial charge in [0.15, 0.2) is 5.69 Å². The summed E-state index contributed by atoms with van der Waals surface area (Å²) >= 11 is 5.98. The molecule has 0 radical (unpaired) electrons. The quantitative estimate of drug-likeness (QED) is 0.689. The molecule has 2 aromatic rings. The number of nitrogens with one attached hydrogen (secondary N) is 4. The van der Waals surface area contributed by atoms with Crippen LogP contribution in [0.5, 0.6) is 0 Å². The Hall–Kier alpha value is -2.38. The van der Waals surface area contributed by atoms with Crippen molar-refractivity contribution in [1.29, 1.82) is 0 Å². The van der Waals surface area contributed by atoms with E-state index in [1.165, 1.54) is 6.92 Å². The molecule has 0 spiro atoms. The number of aromatic amines is 1. The molecule has 23 heavy (non-hydrogen) atoms. The van der Waals surface area contributed by atoms with Gasteiger partial charge in [0.2, 0.25) is 5.91 Å². The summed E-state index contributed by atoms with van der Waals surface area (Å²) in [5.41, 5.74) is 3.11.